The van der Waals surface area contributed by atoms with Gasteiger partial charge in [0.25, 0.3) is 0 Å². The van der Waals surface area contributed by atoms with E-state index in [1.54, 1.807) is 35.2 Å². The highest BCUT2D eigenvalue weighted by atomic mass is 35.5. The molecular weight excluding hydrogens is 606 g/mol. The monoisotopic (exact) mass is 643 g/mol. The maximum absolute atomic E-state index is 14.3. The molecule has 0 aromatic heterocycles. The van der Waals surface area contributed by atoms with E-state index in [-0.39, 0.29) is 35.8 Å². The summed E-state index contributed by atoms with van der Waals surface area (Å²) in [5.41, 5.74) is 2.79. The Bertz CT molecular complexity index is 1690. The molecule has 1 saturated heterocycles. The fourth-order valence-electron chi connectivity index (χ4n) is 6.38. The van der Waals surface area contributed by atoms with Gasteiger partial charge in [-0.15, -0.1) is 0 Å². The van der Waals surface area contributed by atoms with Gasteiger partial charge in [-0.25, -0.2) is 4.79 Å². The highest BCUT2D eigenvalue weighted by molar-refractivity contribution is 6.31. The molecule has 10 nitrogen and oxygen atoms in total. The fourth-order valence-corrected chi connectivity index (χ4v) is 6.66. The first-order valence-electron chi connectivity index (χ1n) is 15.5. The number of rotatable bonds is 6. The number of phenolic OH excluding ortho intramolecular Hbond substituents is 1. The fraction of sp³-hybridized carbons (Fsp3) is 0.343. The van der Waals surface area contributed by atoms with Crippen LogP contribution in [0.25, 0.3) is 0 Å². The first kappa shape index (κ1) is 31.4. The molecule has 3 amide bonds. The van der Waals surface area contributed by atoms with Gasteiger partial charge in [-0.05, 0) is 47.2 Å². The lowest BCUT2D eigenvalue weighted by molar-refractivity contribution is -0.130. The van der Waals surface area contributed by atoms with Crippen molar-refractivity contribution < 1.29 is 24.2 Å². The van der Waals surface area contributed by atoms with Crippen LogP contribution in [0.5, 0.6) is 11.5 Å². The van der Waals surface area contributed by atoms with Crippen LogP contribution < -0.4 is 25.6 Å². The maximum atomic E-state index is 14.3. The Morgan fingerprint density at radius 1 is 1.04 bits per heavy atom. The molecule has 3 aromatic rings. The molecule has 1 aliphatic carbocycles. The summed E-state index contributed by atoms with van der Waals surface area (Å²) in [4.78, 5) is 44.5. The Kier molecular flexibility index (Phi) is 8.93. The Morgan fingerprint density at radius 3 is 2.54 bits per heavy atom. The van der Waals surface area contributed by atoms with Crippen molar-refractivity contribution in [2.24, 2.45) is 5.41 Å². The Morgan fingerprint density at radius 2 is 1.80 bits per heavy atom. The highest BCUT2D eigenvalue weighted by Gasteiger charge is 2.44. The molecule has 0 saturated carbocycles. The van der Waals surface area contributed by atoms with Gasteiger partial charge in [-0.2, -0.15) is 0 Å². The molecule has 0 spiro atoms. The zero-order valence-electron chi connectivity index (χ0n) is 25.9. The van der Waals surface area contributed by atoms with Crippen molar-refractivity contribution in [3.8, 4) is 11.5 Å². The van der Waals surface area contributed by atoms with Crippen LogP contribution in [0.1, 0.15) is 43.9 Å². The number of ketones is 1. The first-order valence-corrected chi connectivity index (χ1v) is 15.9. The number of amides is 3. The van der Waals surface area contributed by atoms with Crippen LogP contribution >= 0.6 is 11.6 Å². The van der Waals surface area contributed by atoms with Crippen molar-refractivity contribution in [2.75, 3.05) is 42.9 Å². The number of hydrogen-bond acceptors (Lipinski definition) is 7. The number of urea groups is 1. The second kappa shape index (κ2) is 13.1. The topological polar surface area (TPSA) is 123 Å². The van der Waals surface area contributed by atoms with Crippen molar-refractivity contribution in [3.05, 3.63) is 94.1 Å². The minimum Gasteiger partial charge on any atom is -0.506 e. The predicted molar refractivity (Wildman–Crippen MR) is 177 cm³/mol. The van der Waals surface area contributed by atoms with Crippen molar-refractivity contribution >= 4 is 40.7 Å². The first-order chi connectivity index (χ1) is 22.1. The number of fused-ring (bicyclic) bond motifs is 1. The maximum Gasteiger partial charge on any atom is 0.323 e. The molecule has 0 bridgehead atoms. The van der Waals surface area contributed by atoms with Gasteiger partial charge in [0, 0.05) is 48.9 Å². The number of para-hydroxylation sites is 1. The predicted octanol–water partition coefficient (Wildman–Crippen LogP) is 5.38. The summed E-state index contributed by atoms with van der Waals surface area (Å²) < 4.78 is 6.02. The molecule has 3 aromatic carbocycles. The van der Waals surface area contributed by atoms with Crippen LogP contribution in [0.2, 0.25) is 5.02 Å². The summed E-state index contributed by atoms with van der Waals surface area (Å²) in [6.07, 6.45) is 0.768. The smallest absolute Gasteiger partial charge is 0.323 e. The van der Waals surface area contributed by atoms with Gasteiger partial charge < -0.3 is 30.7 Å². The van der Waals surface area contributed by atoms with Gasteiger partial charge >= 0.3 is 6.03 Å². The highest BCUT2D eigenvalue weighted by Crippen LogP contribution is 2.51. The van der Waals surface area contributed by atoms with Gasteiger partial charge in [0.2, 0.25) is 5.91 Å². The number of benzene rings is 3. The molecule has 46 heavy (non-hydrogen) atoms. The number of piperazine rings is 1. The summed E-state index contributed by atoms with van der Waals surface area (Å²) in [5, 5.41) is 20.7. The molecule has 1 unspecified atom stereocenters. The van der Waals surface area contributed by atoms with Gasteiger partial charge in [0.15, 0.2) is 5.78 Å². The quantitative estimate of drug-likeness (QED) is 0.266. The lowest BCUT2D eigenvalue weighted by Crippen LogP contribution is -2.51. The van der Waals surface area contributed by atoms with Crippen molar-refractivity contribution in [1.82, 2.24) is 15.5 Å². The third-order valence-corrected chi connectivity index (χ3v) is 8.93. The average Bonchev–Trinajstić information content (AvgIpc) is 3.18. The number of phenols is 1. The lowest BCUT2D eigenvalue weighted by Gasteiger charge is -2.37. The third-order valence-electron chi connectivity index (χ3n) is 8.60. The van der Waals surface area contributed by atoms with E-state index in [2.05, 4.69) is 16.0 Å². The van der Waals surface area contributed by atoms with Crippen molar-refractivity contribution in [2.45, 2.75) is 39.3 Å². The molecule has 0 radical (unpaired) electrons. The van der Waals surface area contributed by atoms with Crippen LogP contribution in [-0.2, 0) is 16.2 Å². The zero-order chi connectivity index (χ0) is 32.4. The van der Waals surface area contributed by atoms with Gasteiger partial charge in [-0.1, -0.05) is 67.9 Å². The molecule has 3 aliphatic rings. The molecule has 2 aliphatic heterocycles. The number of allylic oxidation sites excluding steroid dienone is 1. The lowest BCUT2D eigenvalue weighted by atomic mass is 9.73. The third kappa shape index (κ3) is 6.54. The van der Waals surface area contributed by atoms with Gasteiger partial charge in [-0.3, -0.25) is 14.5 Å². The summed E-state index contributed by atoms with van der Waals surface area (Å²) in [6, 6.07) is 18.3. The van der Waals surface area contributed by atoms with Gasteiger partial charge in [0.1, 0.15) is 23.8 Å². The SMILES string of the molecule is CC1(C)CC(=O)C2=C(C1)Nc1c(O)cccc1N(C(=O)NCC(=O)N1CCNCC1)C2c1ccc(OCc2ccccc2)cc1Cl. The molecule has 4 N–H and O–H groups in total. The molecule has 2 heterocycles. The summed E-state index contributed by atoms with van der Waals surface area (Å²) in [5.74, 6) is 0.117. The summed E-state index contributed by atoms with van der Waals surface area (Å²) >= 11 is 6.98. The number of hydrogen-bond donors (Lipinski definition) is 4. The van der Waals surface area contributed by atoms with E-state index in [0.717, 1.165) is 5.56 Å². The zero-order valence-corrected chi connectivity index (χ0v) is 26.7. The summed E-state index contributed by atoms with van der Waals surface area (Å²) in [7, 11) is 0. The second-order valence-corrected chi connectivity index (χ2v) is 13.1. The van der Waals surface area contributed by atoms with E-state index < -0.39 is 12.1 Å². The molecule has 6 rings (SSSR count). The van der Waals surface area contributed by atoms with E-state index in [1.807, 2.05) is 44.2 Å². The Balaban J connectivity index is 1.41. The standard InChI is InChI=1S/C35H38ClN5O5/c1-35(2)18-26-31(29(43)19-35)33(24-12-11-23(17-25(24)36)46-21-22-7-4-3-5-8-22)41(27-9-6-10-28(42)32(27)39-26)34(45)38-20-30(44)40-15-13-37-14-16-40/h3-12,17,33,37,39,42H,13-16,18-21H2,1-2H3,(H,38,45). The van der Waals surface area contributed by atoms with Gasteiger partial charge in [0.05, 0.1) is 18.3 Å². The Hall–Kier alpha value is -4.54. The van der Waals surface area contributed by atoms with Crippen LogP contribution in [0, 0.1) is 5.41 Å². The molecule has 11 heteroatoms. The van der Waals surface area contributed by atoms with Crippen LogP contribution in [0.15, 0.2) is 78.0 Å². The van der Waals surface area contributed by atoms with Crippen molar-refractivity contribution in [3.63, 3.8) is 0 Å². The number of ether oxygens (including phenoxy) is 1. The number of aromatic hydroxyl groups is 1. The van der Waals surface area contributed by atoms with E-state index in [0.29, 0.717) is 78.2 Å². The van der Waals surface area contributed by atoms with Crippen LogP contribution in [0.3, 0.4) is 0 Å². The molecule has 1 atom stereocenters. The van der Waals surface area contributed by atoms with Crippen LogP contribution in [-0.4, -0.2) is 60.5 Å². The van der Waals surface area contributed by atoms with E-state index in [4.69, 9.17) is 16.3 Å². The molecule has 240 valence electrons. The number of nitrogens with one attached hydrogen (secondary N) is 3. The minimum atomic E-state index is -0.959. The number of nitrogens with zero attached hydrogens (tertiary/aromatic N) is 2. The van der Waals surface area contributed by atoms with Crippen LogP contribution in [0.4, 0.5) is 16.2 Å². The van der Waals surface area contributed by atoms with E-state index in [9.17, 15) is 19.5 Å². The minimum absolute atomic E-state index is 0.0775. The van der Waals surface area contributed by atoms with E-state index >= 15 is 0 Å². The second-order valence-electron chi connectivity index (χ2n) is 12.6. The normalized spacial score (nSPS) is 19.0. The Labute approximate surface area is 273 Å². The number of halogens is 1. The van der Waals surface area contributed by atoms with Crippen molar-refractivity contribution in [1.29, 1.82) is 0 Å². The molecular formula is C35H38ClN5O5. The largest absolute Gasteiger partial charge is 0.506 e. The number of carbonyl (C=O) groups is 3. The summed E-state index contributed by atoms with van der Waals surface area (Å²) in [6.45, 7) is 6.62. The number of anilines is 2. The van der Waals surface area contributed by atoms with E-state index in [1.165, 1.54) is 11.0 Å². The molecule has 1 fully saturated rings. The average molecular weight is 644 g/mol. The number of Topliss-reactive ketones (excluding diaryl/α,β-unsaturated/α-hetero) is 1. The number of carbonyl (C=O) groups excluding carboxylic acids is 3.